The number of aromatic nitrogens is 2. The number of nitriles is 1. The van der Waals surface area contributed by atoms with E-state index < -0.39 is 0 Å². The lowest BCUT2D eigenvalue weighted by molar-refractivity contribution is 0.0978. The Labute approximate surface area is 177 Å². The highest BCUT2D eigenvalue weighted by molar-refractivity contribution is 7.19. The number of aryl methyl sites for hydroxylation is 1. The number of rotatable bonds is 5. The number of nitrogens with zero attached hydrogens (tertiary/aromatic N) is 4. The van der Waals surface area contributed by atoms with Crippen LogP contribution < -0.4 is 4.74 Å². The summed E-state index contributed by atoms with van der Waals surface area (Å²) in [5, 5.41) is 10.4. The molecule has 0 aromatic carbocycles. The van der Waals surface area contributed by atoms with Crippen LogP contribution in [0, 0.1) is 17.2 Å². The average Bonchev–Trinajstić information content (AvgIpc) is 3.46. The van der Waals surface area contributed by atoms with Crippen molar-refractivity contribution in [3.05, 3.63) is 16.8 Å². The quantitative estimate of drug-likeness (QED) is 0.690. The first kappa shape index (κ1) is 19.3. The minimum atomic E-state index is 0.0794. The highest BCUT2D eigenvalue weighted by Crippen LogP contribution is 2.48. The molecular weight excluding hydrogens is 380 g/mol. The zero-order valence-electron chi connectivity index (χ0n) is 17.3. The van der Waals surface area contributed by atoms with E-state index in [1.54, 1.807) is 17.7 Å². The molecule has 2 atom stereocenters. The molecule has 154 valence electrons. The van der Waals surface area contributed by atoms with Crippen molar-refractivity contribution in [2.45, 2.75) is 82.8 Å². The minimum absolute atomic E-state index is 0.0794. The van der Waals surface area contributed by atoms with Gasteiger partial charge in [-0.15, -0.1) is 11.3 Å². The standard InChI is InChI=1S/C23H30N4OS/c1-15(13-24)12-16-4-9-19-20(16)21-22(25-14-26-23(21)29-19)28-18-7-5-17(6-8-18)27-10-2-3-11-27/h14-18H,2-12H2,1H3/t15?,16-,17-,18-/m1/s1. The monoisotopic (exact) mass is 410 g/mol. The van der Waals surface area contributed by atoms with Crippen molar-refractivity contribution in [1.29, 1.82) is 5.26 Å². The minimum Gasteiger partial charge on any atom is -0.474 e. The van der Waals surface area contributed by atoms with Crippen molar-refractivity contribution in [1.82, 2.24) is 14.9 Å². The van der Waals surface area contributed by atoms with Gasteiger partial charge in [0.05, 0.1) is 11.5 Å². The molecule has 5 rings (SSSR count). The van der Waals surface area contributed by atoms with Gasteiger partial charge in [-0.05, 0) is 89.3 Å². The summed E-state index contributed by atoms with van der Waals surface area (Å²) in [6, 6.07) is 3.16. The first-order valence-electron chi connectivity index (χ1n) is 11.3. The van der Waals surface area contributed by atoms with Gasteiger partial charge >= 0.3 is 0 Å². The second kappa shape index (κ2) is 8.20. The van der Waals surface area contributed by atoms with E-state index >= 15 is 0 Å². The molecule has 2 aliphatic carbocycles. The van der Waals surface area contributed by atoms with Crippen LogP contribution in [0.15, 0.2) is 6.33 Å². The summed E-state index contributed by atoms with van der Waals surface area (Å²) in [4.78, 5) is 14.3. The molecule has 2 fully saturated rings. The van der Waals surface area contributed by atoms with Crippen LogP contribution in [-0.2, 0) is 6.42 Å². The van der Waals surface area contributed by atoms with Gasteiger partial charge in [0.25, 0.3) is 0 Å². The van der Waals surface area contributed by atoms with Crippen LogP contribution in [-0.4, -0.2) is 40.1 Å². The zero-order chi connectivity index (χ0) is 19.8. The van der Waals surface area contributed by atoms with Crippen molar-refractivity contribution in [3.63, 3.8) is 0 Å². The third kappa shape index (κ3) is 3.75. The highest BCUT2D eigenvalue weighted by atomic mass is 32.1. The van der Waals surface area contributed by atoms with Gasteiger partial charge in [-0.1, -0.05) is 0 Å². The van der Waals surface area contributed by atoms with E-state index in [1.807, 2.05) is 6.92 Å². The number of hydrogen-bond acceptors (Lipinski definition) is 6. The summed E-state index contributed by atoms with van der Waals surface area (Å²) >= 11 is 1.80. The fraction of sp³-hybridized carbons (Fsp3) is 0.696. The van der Waals surface area contributed by atoms with Gasteiger partial charge in [0.1, 0.15) is 17.3 Å². The van der Waals surface area contributed by atoms with Crippen molar-refractivity contribution in [2.75, 3.05) is 13.1 Å². The summed E-state index contributed by atoms with van der Waals surface area (Å²) in [6.07, 6.45) is 12.5. The molecule has 0 N–H and O–H groups in total. The summed E-state index contributed by atoms with van der Waals surface area (Å²) in [5.41, 5.74) is 1.38. The second-order valence-electron chi connectivity index (χ2n) is 9.09. The predicted molar refractivity (Wildman–Crippen MR) is 115 cm³/mol. The Balaban J connectivity index is 1.34. The van der Waals surface area contributed by atoms with Gasteiger partial charge < -0.3 is 9.64 Å². The van der Waals surface area contributed by atoms with Crippen molar-refractivity contribution >= 4 is 21.6 Å². The van der Waals surface area contributed by atoms with Crippen LogP contribution >= 0.6 is 11.3 Å². The van der Waals surface area contributed by atoms with Gasteiger partial charge in [0.15, 0.2) is 0 Å². The van der Waals surface area contributed by atoms with E-state index in [0.717, 1.165) is 54.2 Å². The SMILES string of the molecule is CC(C#N)C[C@H]1CCc2sc3ncnc(O[C@H]4CC[C@H](N5CCCC5)CC4)c3c21. The molecule has 1 saturated carbocycles. The molecule has 2 aromatic rings. The highest BCUT2D eigenvalue weighted by Gasteiger charge is 2.33. The number of ether oxygens (including phenoxy) is 1. The molecule has 2 aromatic heterocycles. The molecule has 0 spiro atoms. The molecule has 0 radical (unpaired) electrons. The second-order valence-corrected chi connectivity index (χ2v) is 10.2. The van der Waals surface area contributed by atoms with Crippen LogP contribution in [0.3, 0.4) is 0 Å². The topological polar surface area (TPSA) is 62.0 Å². The smallest absolute Gasteiger partial charge is 0.225 e. The van der Waals surface area contributed by atoms with Crippen LogP contribution in [0.4, 0.5) is 0 Å². The Kier molecular flexibility index (Phi) is 5.45. The Morgan fingerprint density at radius 2 is 2.00 bits per heavy atom. The Hall–Kier alpha value is -1.71. The first-order valence-corrected chi connectivity index (χ1v) is 12.1. The largest absolute Gasteiger partial charge is 0.474 e. The lowest BCUT2D eigenvalue weighted by atomic mass is 9.91. The predicted octanol–water partition coefficient (Wildman–Crippen LogP) is 5.06. The molecule has 3 heterocycles. The summed E-state index contributed by atoms with van der Waals surface area (Å²) in [5.74, 6) is 1.30. The molecule has 1 saturated heterocycles. The molecule has 0 amide bonds. The van der Waals surface area contributed by atoms with Gasteiger partial charge in [-0.3, -0.25) is 0 Å². The molecule has 3 aliphatic rings. The zero-order valence-corrected chi connectivity index (χ0v) is 18.1. The lowest BCUT2D eigenvalue weighted by Gasteiger charge is -2.34. The summed E-state index contributed by atoms with van der Waals surface area (Å²) < 4.78 is 6.51. The van der Waals surface area contributed by atoms with Crippen LogP contribution in [0.5, 0.6) is 5.88 Å². The third-order valence-corrected chi connectivity index (χ3v) is 8.31. The number of hydrogen-bond donors (Lipinski definition) is 0. The maximum absolute atomic E-state index is 9.28. The Bertz CT molecular complexity index is 905. The van der Waals surface area contributed by atoms with Gasteiger partial charge in [-0.25, -0.2) is 9.97 Å². The maximum atomic E-state index is 9.28. The first-order chi connectivity index (χ1) is 14.2. The molecule has 5 nitrogen and oxygen atoms in total. The maximum Gasteiger partial charge on any atom is 0.225 e. The van der Waals surface area contributed by atoms with Gasteiger partial charge in [0.2, 0.25) is 5.88 Å². The van der Waals surface area contributed by atoms with E-state index in [1.165, 1.54) is 49.2 Å². The van der Waals surface area contributed by atoms with Crippen molar-refractivity contribution < 1.29 is 4.74 Å². The number of thiophene rings is 1. The van der Waals surface area contributed by atoms with E-state index in [9.17, 15) is 5.26 Å². The molecule has 29 heavy (non-hydrogen) atoms. The third-order valence-electron chi connectivity index (χ3n) is 7.13. The Morgan fingerprint density at radius 1 is 1.21 bits per heavy atom. The summed E-state index contributed by atoms with van der Waals surface area (Å²) in [6.45, 7) is 4.60. The van der Waals surface area contributed by atoms with Gasteiger partial charge in [-0.2, -0.15) is 5.26 Å². The molecule has 1 aliphatic heterocycles. The van der Waals surface area contributed by atoms with Crippen LogP contribution in [0.25, 0.3) is 10.2 Å². The van der Waals surface area contributed by atoms with Gasteiger partial charge in [0, 0.05) is 16.8 Å². The van der Waals surface area contributed by atoms with E-state index in [2.05, 4.69) is 20.9 Å². The normalized spacial score (nSPS) is 28.3. The van der Waals surface area contributed by atoms with E-state index in [-0.39, 0.29) is 12.0 Å². The summed E-state index contributed by atoms with van der Waals surface area (Å²) in [7, 11) is 0. The van der Waals surface area contributed by atoms with E-state index in [0.29, 0.717) is 5.92 Å². The van der Waals surface area contributed by atoms with Crippen LogP contribution in [0.2, 0.25) is 0 Å². The number of likely N-dealkylation sites (tertiary alicyclic amines) is 1. The van der Waals surface area contributed by atoms with Crippen molar-refractivity contribution in [3.8, 4) is 11.9 Å². The molecule has 0 bridgehead atoms. The fourth-order valence-corrected chi connectivity index (χ4v) is 6.87. The van der Waals surface area contributed by atoms with E-state index in [4.69, 9.17) is 4.74 Å². The number of fused-ring (bicyclic) bond motifs is 3. The lowest BCUT2D eigenvalue weighted by Crippen LogP contribution is -2.38. The van der Waals surface area contributed by atoms with Crippen molar-refractivity contribution in [2.24, 2.45) is 5.92 Å². The fourth-order valence-electron chi connectivity index (χ4n) is 5.64. The van der Waals surface area contributed by atoms with Crippen LogP contribution in [0.1, 0.15) is 74.6 Å². The average molecular weight is 411 g/mol. The molecule has 1 unspecified atom stereocenters. The Morgan fingerprint density at radius 3 is 2.76 bits per heavy atom. The molecule has 6 heteroatoms. The molecular formula is C23H30N4OS.